The van der Waals surface area contributed by atoms with Crippen molar-refractivity contribution < 1.29 is 14.3 Å². The molecule has 27 heavy (non-hydrogen) atoms. The fourth-order valence-corrected chi connectivity index (χ4v) is 4.33. The van der Waals surface area contributed by atoms with Crippen molar-refractivity contribution in [1.29, 1.82) is 0 Å². The van der Waals surface area contributed by atoms with Gasteiger partial charge in [0, 0.05) is 18.0 Å². The zero-order valence-corrected chi connectivity index (χ0v) is 16.9. The molecule has 1 N–H and O–H groups in total. The van der Waals surface area contributed by atoms with Crippen molar-refractivity contribution in [3.05, 3.63) is 16.8 Å². The summed E-state index contributed by atoms with van der Waals surface area (Å²) in [6.07, 6.45) is 2.54. The van der Waals surface area contributed by atoms with Gasteiger partial charge in [0.1, 0.15) is 16.5 Å². The van der Waals surface area contributed by atoms with Crippen LogP contribution in [0.4, 0.5) is 5.82 Å². The van der Waals surface area contributed by atoms with Crippen molar-refractivity contribution in [1.82, 2.24) is 14.9 Å². The van der Waals surface area contributed by atoms with Gasteiger partial charge in [0.25, 0.3) is 0 Å². The van der Waals surface area contributed by atoms with Crippen LogP contribution in [0, 0.1) is 12.8 Å². The van der Waals surface area contributed by atoms with Gasteiger partial charge in [0.15, 0.2) is 0 Å². The molecule has 0 aliphatic carbocycles. The number of aryl methyl sites for hydroxylation is 2. The zero-order chi connectivity index (χ0) is 19.4. The Hall–Kier alpha value is -2.22. The summed E-state index contributed by atoms with van der Waals surface area (Å²) in [5, 5.41) is 4.14. The molecular weight excluding hydrogens is 364 g/mol. The highest BCUT2D eigenvalue weighted by molar-refractivity contribution is 7.18. The Morgan fingerprint density at radius 1 is 1.37 bits per heavy atom. The molecule has 1 saturated heterocycles. The quantitative estimate of drug-likeness (QED) is 0.764. The number of aromatic nitrogens is 2. The number of ether oxygens (including phenoxy) is 1. The molecule has 0 saturated carbocycles. The molecule has 0 aromatic carbocycles. The molecule has 3 rings (SSSR count). The van der Waals surface area contributed by atoms with Gasteiger partial charge in [-0.2, -0.15) is 0 Å². The standard InChI is InChI=1S/C19H26N4O3S/c1-4-14-9-15-17(21-12(3)22-18(15)27-14)20-10-16(24)23-8-6-7-13(11-23)19(25)26-5-2/h9,13H,4-8,10-11H2,1-3H3,(H,20,21,22). The van der Waals surface area contributed by atoms with Gasteiger partial charge in [-0.05, 0) is 39.2 Å². The van der Waals surface area contributed by atoms with E-state index in [9.17, 15) is 9.59 Å². The number of carbonyl (C=O) groups excluding carboxylic acids is 2. The number of carbonyl (C=O) groups is 2. The minimum absolute atomic E-state index is 0.0284. The maximum Gasteiger partial charge on any atom is 0.310 e. The van der Waals surface area contributed by atoms with E-state index in [0.717, 1.165) is 29.5 Å². The number of anilines is 1. The third-order valence-electron chi connectivity index (χ3n) is 4.71. The Kier molecular flexibility index (Phi) is 6.26. The predicted octanol–water partition coefficient (Wildman–Crippen LogP) is 2.78. The van der Waals surface area contributed by atoms with Crippen LogP contribution in [0.2, 0.25) is 0 Å². The van der Waals surface area contributed by atoms with Gasteiger partial charge in [-0.1, -0.05) is 6.92 Å². The summed E-state index contributed by atoms with van der Waals surface area (Å²) in [4.78, 5) is 37.5. The number of nitrogens with zero attached hydrogens (tertiary/aromatic N) is 3. The second-order valence-corrected chi connectivity index (χ2v) is 7.80. The maximum absolute atomic E-state index is 12.7. The first-order chi connectivity index (χ1) is 13.0. The fraction of sp³-hybridized carbons (Fsp3) is 0.579. The van der Waals surface area contributed by atoms with Crippen LogP contribution in [0.3, 0.4) is 0 Å². The topological polar surface area (TPSA) is 84.4 Å². The van der Waals surface area contributed by atoms with E-state index >= 15 is 0 Å². The molecule has 1 aliphatic heterocycles. The van der Waals surface area contributed by atoms with Gasteiger partial charge in [-0.3, -0.25) is 9.59 Å². The Morgan fingerprint density at radius 3 is 2.93 bits per heavy atom. The second-order valence-electron chi connectivity index (χ2n) is 6.69. The summed E-state index contributed by atoms with van der Waals surface area (Å²) in [7, 11) is 0. The summed E-state index contributed by atoms with van der Waals surface area (Å²) in [6, 6.07) is 2.09. The van der Waals surface area contributed by atoms with E-state index in [0.29, 0.717) is 31.3 Å². The van der Waals surface area contributed by atoms with Crippen molar-refractivity contribution in [2.75, 3.05) is 31.6 Å². The number of likely N-dealkylation sites (tertiary alicyclic amines) is 1. The van der Waals surface area contributed by atoms with Crippen LogP contribution in [0.1, 0.15) is 37.4 Å². The largest absolute Gasteiger partial charge is 0.466 e. The highest BCUT2D eigenvalue weighted by Crippen LogP contribution is 2.29. The highest BCUT2D eigenvalue weighted by atomic mass is 32.1. The smallest absolute Gasteiger partial charge is 0.310 e. The van der Waals surface area contributed by atoms with Crippen molar-refractivity contribution in [2.45, 2.75) is 40.0 Å². The summed E-state index contributed by atoms with van der Waals surface area (Å²) >= 11 is 1.66. The molecule has 0 spiro atoms. The van der Waals surface area contributed by atoms with Gasteiger partial charge >= 0.3 is 5.97 Å². The molecule has 1 aliphatic rings. The summed E-state index contributed by atoms with van der Waals surface area (Å²) in [6.45, 7) is 7.38. The molecule has 0 radical (unpaired) electrons. The molecule has 1 unspecified atom stereocenters. The van der Waals surface area contributed by atoms with E-state index in [1.807, 2.05) is 6.92 Å². The number of hydrogen-bond donors (Lipinski definition) is 1. The molecule has 1 atom stereocenters. The van der Waals surface area contributed by atoms with Gasteiger partial charge < -0.3 is 15.0 Å². The Labute approximate surface area is 163 Å². The number of fused-ring (bicyclic) bond motifs is 1. The normalized spacial score (nSPS) is 17.1. The molecule has 3 heterocycles. The van der Waals surface area contributed by atoms with Crippen molar-refractivity contribution in [3.8, 4) is 0 Å². The van der Waals surface area contributed by atoms with E-state index in [-0.39, 0.29) is 24.3 Å². The lowest BCUT2D eigenvalue weighted by atomic mass is 9.98. The Balaban J connectivity index is 1.66. The monoisotopic (exact) mass is 390 g/mol. The van der Waals surface area contributed by atoms with Crippen LogP contribution < -0.4 is 5.32 Å². The van der Waals surface area contributed by atoms with Gasteiger partial charge in [-0.15, -0.1) is 11.3 Å². The first-order valence-corrected chi connectivity index (χ1v) is 10.3. The van der Waals surface area contributed by atoms with Crippen molar-refractivity contribution in [2.24, 2.45) is 5.92 Å². The van der Waals surface area contributed by atoms with Crippen LogP contribution in [0.5, 0.6) is 0 Å². The average Bonchev–Trinajstić information content (AvgIpc) is 3.09. The molecule has 7 nitrogen and oxygen atoms in total. The molecule has 8 heteroatoms. The number of thiophene rings is 1. The molecular formula is C19H26N4O3S. The number of piperidine rings is 1. The highest BCUT2D eigenvalue weighted by Gasteiger charge is 2.29. The minimum atomic E-state index is -0.223. The molecule has 0 bridgehead atoms. The SMILES string of the molecule is CCOC(=O)C1CCCN(C(=O)CNc2nc(C)nc3sc(CC)cc23)C1. The number of rotatable bonds is 6. The van der Waals surface area contributed by atoms with E-state index < -0.39 is 0 Å². The molecule has 2 aromatic rings. The minimum Gasteiger partial charge on any atom is -0.466 e. The van der Waals surface area contributed by atoms with Crippen LogP contribution in [-0.4, -0.2) is 53.0 Å². The molecule has 1 fully saturated rings. The van der Waals surface area contributed by atoms with E-state index in [1.165, 1.54) is 4.88 Å². The first-order valence-electron chi connectivity index (χ1n) is 9.47. The zero-order valence-electron chi connectivity index (χ0n) is 16.1. The number of nitrogens with one attached hydrogen (secondary N) is 1. The number of esters is 1. The third kappa shape index (κ3) is 4.55. The molecule has 146 valence electrons. The lowest BCUT2D eigenvalue weighted by Crippen LogP contribution is -2.45. The summed E-state index contributed by atoms with van der Waals surface area (Å²) in [5.41, 5.74) is 0. The lowest BCUT2D eigenvalue weighted by molar-refractivity contribution is -0.151. The maximum atomic E-state index is 12.7. The van der Waals surface area contributed by atoms with Gasteiger partial charge in [0.05, 0.1) is 24.5 Å². The summed E-state index contributed by atoms with van der Waals surface area (Å²) < 4.78 is 5.10. The predicted molar refractivity (Wildman–Crippen MR) is 106 cm³/mol. The molecule has 1 amide bonds. The van der Waals surface area contributed by atoms with E-state index in [4.69, 9.17) is 4.74 Å². The fourth-order valence-electron chi connectivity index (χ4n) is 3.31. The Morgan fingerprint density at radius 2 is 2.19 bits per heavy atom. The van der Waals surface area contributed by atoms with Gasteiger partial charge in [0.2, 0.25) is 5.91 Å². The average molecular weight is 391 g/mol. The molecule has 2 aromatic heterocycles. The number of amides is 1. The van der Waals surface area contributed by atoms with Gasteiger partial charge in [-0.25, -0.2) is 9.97 Å². The number of hydrogen-bond acceptors (Lipinski definition) is 7. The van der Waals surface area contributed by atoms with Crippen LogP contribution in [-0.2, 0) is 20.7 Å². The van der Waals surface area contributed by atoms with E-state index in [1.54, 1.807) is 23.2 Å². The lowest BCUT2D eigenvalue weighted by Gasteiger charge is -2.31. The van der Waals surface area contributed by atoms with Crippen LogP contribution in [0.15, 0.2) is 6.07 Å². The van der Waals surface area contributed by atoms with E-state index in [2.05, 4.69) is 28.3 Å². The second kappa shape index (κ2) is 8.65. The van der Waals surface area contributed by atoms with Crippen molar-refractivity contribution >= 4 is 39.2 Å². The van der Waals surface area contributed by atoms with Crippen LogP contribution >= 0.6 is 11.3 Å². The third-order valence-corrected chi connectivity index (χ3v) is 5.88. The van der Waals surface area contributed by atoms with Crippen LogP contribution in [0.25, 0.3) is 10.2 Å². The first kappa shape index (κ1) is 19.5. The van der Waals surface area contributed by atoms with Crippen molar-refractivity contribution in [3.63, 3.8) is 0 Å². The summed E-state index contributed by atoms with van der Waals surface area (Å²) in [5.74, 6) is 0.920. The Bertz CT molecular complexity index is 836.